The van der Waals surface area contributed by atoms with Gasteiger partial charge < -0.3 is 35.7 Å². The van der Waals surface area contributed by atoms with E-state index in [4.69, 9.17) is 28.3 Å². The molecule has 0 saturated carbocycles. The molecule has 1 heterocycles. The number of amides is 1. The van der Waals surface area contributed by atoms with Crippen LogP contribution in [0, 0.1) is 0 Å². The molecular formula is C22H26Cl2N2O6. The molecule has 8 nitrogen and oxygen atoms in total. The van der Waals surface area contributed by atoms with Gasteiger partial charge in [0.05, 0.1) is 6.61 Å². The molecule has 32 heavy (non-hydrogen) atoms. The van der Waals surface area contributed by atoms with E-state index in [0.29, 0.717) is 28.8 Å². The first-order valence-corrected chi connectivity index (χ1v) is 10.8. The fourth-order valence-corrected chi connectivity index (χ4v) is 4.48. The molecule has 1 aliphatic rings. The number of halogens is 2. The van der Waals surface area contributed by atoms with Crippen molar-refractivity contribution in [1.82, 2.24) is 4.90 Å². The Morgan fingerprint density at radius 3 is 2.50 bits per heavy atom. The van der Waals surface area contributed by atoms with Gasteiger partial charge in [0.25, 0.3) is 5.91 Å². The number of carbonyl (C=O) groups excluding carboxylic acids is 1. The van der Waals surface area contributed by atoms with E-state index in [1.807, 2.05) is 25.2 Å². The maximum atomic E-state index is 12.6. The lowest BCUT2D eigenvalue weighted by molar-refractivity contribution is -0.144. The Kier molecular flexibility index (Phi) is 8.13. The number of nitrogens with zero attached hydrogens (tertiary/aromatic N) is 1. The number of aliphatic hydroxyl groups is 5. The first-order chi connectivity index (χ1) is 15.1. The molecule has 2 aromatic carbocycles. The summed E-state index contributed by atoms with van der Waals surface area (Å²) in [5, 5.41) is 52.0. The molecule has 6 N–H and O–H groups in total. The van der Waals surface area contributed by atoms with Crippen molar-refractivity contribution in [1.29, 1.82) is 0 Å². The van der Waals surface area contributed by atoms with Gasteiger partial charge in [0.2, 0.25) is 0 Å². The molecule has 5 atom stereocenters. The molecule has 1 amide bonds. The maximum absolute atomic E-state index is 12.6. The molecule has 0 spiro atoms. The van der Waals surface area contributed by atoms with Crippen LogP contribution in [0.15, 0.2) is 36.4 Å². The van der Waals surface area contributed by atoms with Crippen LogP contribution in [0.5, 0.6) is 0 Å². The molecule has 174 valence electrons. The van der Waals surface area contributed by atoms with Crippen molar-refractivity contribution >= 4 is 34.8 Å². The number of benzene rings is 2. The third kappa shape index (κ3) is 5.24. The number of para-hydroxylation sites is 1. The van der Waals surface area contributed by atoms with Crippen molar-refractivity contribution < 1.29 is 30.3 Å². The van der Waals surface area contributed by atoms with Crippen LogP contribution < -0.4 is 5.32 Å². The zero-order valence-electron chi connectivity index (χ0n) is 17.3. The van der Waals surface area contributed by atoms with Gasteiger partial charge in [-0.25, -0.2) is 0 Å². The second-order valence-corrected chi connectivity index (χ2v) is 8.80. The number of hydrogen-bond acceptors (Lipinski definition) is 7. The summed E-state index contributed by atoms with van der Waals surface area (Å²) < 4.78 is 0. The second kappa shape index (κ2) is 10.5. The summed E-state index contributed by atoms with van der Waals surface area (Å²) in [5.41, 5.74) is 3.03. The summed E-state index contributed by atoms with van der Waals surface area (Å²) >= 11 is 12.7. The van der Waals surface area contributed by atoms with E-state index in [9.17, 15) is 25.2 Å². The van der Waals surface area contributed by atoms with Crippen LogP contribution in [0.4, 0.5) is 5.69 Å². The smallest absolute Gasteiger partial charge is 0.256 e. The molecule has 1 aliphatic heterocycles. The lowest BCUT2D eigenvalue weighted by Gasteiger charge is -2.34. The summed E-state index contributed by atoms with van der Waals surface area (Å²) in [5.74, 6) is -1.15. The Labute approximate surface area is 195 Å². The van der Waals surface area contributed by atoms with Gasteiger partial charge in [-0.2, -0.15) is 0 Å². The van der Waals surface area contributed by atoms with Crippen LogP contribution in [0.3, 0.4) is 0 Å². The Balaban J connectivity index is 1.90. The van der Waals surface area contributed by atoms with Gasteiger partial charge in [0.1, 0.15) is 18.3 Å². The van der Waals surface area contributed by atoms with E-state index in [2.05, 4.69) is 10.2 Å². The molecule has 0 saturated heterocycles. The summed E-state index contributed by atoms with van der Waals surface area (Å²) in [4.78, 5) is 14.7. The first kappa shape index (κ1) is 24.9. The van der Waals surface area contributed by atoms with E-state index in [0.717, 1.165) is 16.7 Å². The zero-order chi connectivity index (χ0) is 23.6. The highest BCUT2D eigenvalue weighted by Crippen LogP contribution is 2.40. The summed E-state index contributed by atoms with van der Waals surface area (Å²) in [7, 11) is 1.95. The van der Waals surface area contributed by atoms with E-state index < -0.39 is 36.9 Å². The van der Waals surface area contributed by atoms with Crippen LogP contribution >= 0.6 is 23.2 Å². The van der Waals surface area contributed by atoms with Crippen molar-refractivity contribution in [2.45, 2.75) is 36.9 Å². The third-order valence-corrected chi connectivity index (χ3v) is 6.17. The van der Waals surface area contributed by atoms with Gasteiger partial charge in [-0.05, 0) is 41.9 Å². The largest absolute Gasteiger partial charge is 0.394 e. The van der Waals surface area contributed by atoms with Crippen molar-refractivity contribution in [3.8, 4) is 0 Å². The Morgan fingerprint density at radius 2 is 1.81 bits per heavy atom. The van der Waals surface area contributed by atoms with Crippen LogP contribution in [0.2, 0.25) is 10.0 Å². The number of rotatable bonds is 7. The maximum Gasteiger partial charge on any atom is 0.256 e. The minimum absolute atomic E-state index is 0.180. The number of carbonyl (C=O) groups is 1. The van der Waals surface area contributed by atoms with E-state index >= 15 is 0 Å². The average molecular weight is 485 g/mol. The van der Waals surface area contributed by atoms with Crippen LogP contribution in [-0.2, 0) is 11.3 Å². The number of likely N-dealkylation sites (N-methyl/N-ethyl adjacent to an activating group) is 1. The highest BCUT2D eigenvalue weighted by Gasteiger charge is 2.35. The predicted octanol–water partition coefficient (Wildman–Crippen LogP) is 0.945. The van der Waals surface area contributed by atoms with Crippen molar-refractivity contribution in [3.05, 3.63) is 63.1 Å². The highest BCUT2D eigenvalue weighted by atomic mass is 35.5. The summed E-state index contributed by atoms with van der Waals surface area (Å²) in [6.07, 6.45) is -7.64. The van der Waals surface area contributed by atoms with E-state index in [1.165, 1.54) is 0 Å². The van der Waals surface area contributed by atoms with Crippen molar-refractivity contribution in [2.24, 2.45) is 0 Å². The number of hydrogen-bond donors (Lipinski definition) is 6. The van der Waals surface area contributed by atoms with Gasteiger partial charge in [-0.1, -0.05) is 41.4 Å². The molecule has 0 aliphatic carbocycles. The minimum atomic E-state index is -2.04. The average Bonchev–Trinajstić information content (AvgIpc) is 2.77. The van der Waals surface area contributed by atoms with Crippen molar-refractivity contribution in [2.75, 3.05) is 25.5 Å². The molecule has 10 heteroatoms. The Hall–Kier alpha value is -1.75. The Bertz CT molecular complexity index is 975. The fraction of sp³-hybridized carbons (Fsp3) is 0.409. The molecule has 0 bridgehead atoms. The predicted molar refractivity (Wildman–Crippen MR) is 121 cm³/mol. The van der Waals surface area contributed by atoms with E-state index in [1.54, 1.807) is 18.2 Å². The Morgan fingerprint density at radius 1 is 1.12 bits per heavy atom. The summed E-state index contributed by atoms with van der Waals surface area (Å²) in [6.45, 7) is 0.435. The minimum Gasteiger partial charge on any atom is -0.394 e. The lowest BCUT2D eigenvalue weighted by atomic mass is 9.84. The quantitative estimate of drug-likeness (QED) is 0.344. The fourth-order valence-electron chi connectivity index (χ4n) is 3.91. The van der Waals surface area contributed by atoms with Gasteiger partial charge >= 0.3 is 0 Å². The standard InChI is InChI=1S/C22H26Cl2N2O6/c1-26-8-14(13-6-11(23)7-16(24)15(13)9-26)12-4-2-3-5-17(12)25-22(32)21(31)20(30)19(29)18(28)10-27/h2-7,14,18-21,27-31H,8-10H2,1H3,(H,25,32)/t14?,18-,19-,20+,21-/m1/s1. The first-order valence-electron chi connectivity index (χ1n) is 10.0. The highest BCUT2D eigenvalue weighted by molar-refractivity contribution is 6.35. The van der Waals surface area contributed by atoms with Gasteiger partial charge in [0, 0.05) is 34.7 Å². The normalized spacial score (nSPS) is 20.2. The van der Waals surface area contributed by atoms with Gasteiger partial charge in [0.15, 0.2) is 6.10 Å². The number of anilines is 1. The van der Waals surface area contributed by atoms with Crippen molar-refractivity contribution in [3.63, 3.8) is 0 Å². The zero-order valence-corrected chi connectivity index (χ0v) is 18.8. The summed E-state index contributed by atoms with van der Waals surface area (Å²) in [6, 6.07) is 10.6. The van der Waals surface area contributed by atoms with E-state index in [-0.39, 0.29) is 5.92 Å². The number of fused-ring (bicyclic) bond motifs is 1. The molecule has 3 rings (SSSR count). The third-order valence-electron chi connectivity index (χ3n) is 5.61. The molecule has 0 radical (unpaired) electrons. The van der Waals surface area contributed by atoms with Crippen LogP contribution in [-0.4, -0.2) is 81.0 Å². The molecule has 0 aromatic heterocycles. The topological polar surface area (TPSA) is 133 Å². The molecule has 1 unspecified atom stereocenters. The van der Waals surface area contributed by atoms with Crippen LogP contribution in [0.25, 0.3) is 0 Å². The molecule has 2 aromatic rings. The van der Waals surface area contributed by atoms with Gasteiger partial charge in [-0.3, -0.25) is 4.79 Å². The lowest BCUT2D eigenvalue weighted by Crippen LogP contribution is -2.50. The SMILES string of the molecule is CN1Cc2c(Cl)cc(Cl)cc2C(c2ccccc2NC(=O)[C@H](O)[C@@H](O)[C@H](O)[C@H](O)CO)C1. The molecule has 0 fully saturated rings. The van der Waals surface area contributed by atoms with Crippen LogP contribution in [0.1, 0.15) is 22.6 Å². The van der Waals surface area contributed by atoms with Gasteiger partial charge in [-0.15, -0.1) is 0 Å². The monoisotopic (exact) mass is 484 g/mol. The molecular weight excluding hydrogens is 459 g/mol. The number of nitrogens with one attached hydrogen (secondary N) is 1. The number of aliphatic hydroxyl groups excluding tert-OH is 5. The second-order valence-electron chi connectivity index (χ2n) is 7.96.